The van der Waals surface area contributed by atoms with Crippen LogP contribution in [0.1, 0.15) is 33.9 Å². The lowest BCUT2D eigenvalue weighted by Crippen LogP contribution is -2.45. The molecule has 0 amide bonds. The summed E-state index contributed by atoms with van der Waals surface area (Å²) in [5.74, 6) is 1.88. The van der Waals surface area contributed by atoms with Crippen molar-refractivity contribution >= 4 is 27.4 Å². The van der Waals surface area contributed by atoms with E-state index in [1.807, 2.05) is 54.6 Å². The molecule has 0 fully saturated rings. The van der Waals surface area contributed by atoms with E-state index in [2.05, 4.69) is 15.9 Å². The molecule has 2 aliphatic rings. The van der Waals surface area contributed by atoms with Crippen LogP contribution >= 0.6 is 15.9 Å². The Balaban J connectivity index is 1.55. The van der Waals surface area contributed by atoms with Gasteiger partial charge in [0.25, 0.3) is 6.23 Å². The first-order chi connectivity index (χ1) is 15.6. The van der Waals surface area contributed by atoms with E-state index in [1.165, 1.54) is 0 Å². The molecule has 0 saturated carbocycles. The average molecular weight is 493 g/mol. The Hall–Kier alpha value is -3.32. The first kappa shape index (κ1) is 20.6. The summed E-state index contributed by atoms with van der Waals surface area (Å²) in [4.78, 5) is 13.4. The summed E-state index contributed by atoms with van der Waals surface area (Å²) in [6.45, 7) is 0. The van der Waals surface area contributed by atoms with E-state index in [9.17, 15) is 4.79 Å². The van der Waals surface area contributed by atoms with Gasteiger partial charge in [-0.15, -0.1) is 0 Å². The number of methoxy groups -OCH3 is 2. The van der Waals surface area contributed by atoms with E-state index in [0.717, 1.165) is 21.3 Å². The maximum atomic E-state index is 13.4. The number of Topliss-reactive ketones (excluding diaryl/α,β-unsaturated/α-hetero) is 1. The summed E-state index contributed by atoms with van der Waals surface area (Å²) < 4.78 is 17.9. The van der Waals surface area contributed by atoms with Crippen LogP contribution in [0.2, 0.25) is 0 Å². The molecule has 0 aromatic heterocycles. The van der Waals surface area contributed by atoms with Gasteiger partial charge in [0.2, 0.25) is 5.78 Å². The summed E-state index contributed by atoms with van der Waals surface area (Å²) in [5.41, 5.74) is 3.38. The largest absolute Gasteiger partial charge is 0.493 e. The van der Waals surface area contributed by atoms with Crippen LogP contribution in [0.15, 0.2) is 76.3 Å². The molecular formula is C25H21BrN2O4. The summed E-state index contributed by atoms with van der Waals surface area (Å²) in [6, 6.07) is 20.8. The number of rotatable bonds is 5. The summed E-state index contributed by atoms with van der Waals surface area (Å²) in [6.07, 6.45) is -0.186. The van der Waals surface area contributed by atoms with Crippen LogP contribution in [0, 0.1) is 0 Å². The van der Waals surface area contributed by atoms with Crippen molar-refractivity contribution in [1.82, 2.24) is 5.01 Å². The highest BCUT2D eigenvalue weighted by atomic mass is 79.9. The van der Waals surface area contributed by atoms with Gasteiger partial charge in [-0.1, -0.05) is 46.3 Å². The van der Waals surface area contributed by atoms with Gasteiger partial charge in [0, 0.05) is 27.6 Å². The zero-order valence-electron chi connectivity index (χ0n) is 17.6. The van der Waals surface area contributed by atoms with Gasteiger partial charge in [-0.3, -0.25) is 4.79 Å². The third-order valence-electron chi connectivity index (χ3n) is 5.77. The molecule has 0 saturated heterocycles. The minimum Gasteiger partial charge on any atom is -0.493 e. The number of fused-ring (bicyclic) bond motifs is 3. The van der Waals surface area contributed by atoms with Crippen LogP contribution in [0.5, 0.6) is 17.2 Å². The molecule has 0 unspecified atom stereocenters. The molecule has 7 heteroatoms. The molecule has 3 aromatic carbocycles. The smallest absolute Gasteiger partial charge is 0.251 e. The molecule has 3 aromatic rings. The van der Waals surface area contributed by atoms with Crippen LogP contribution in [0.25, 0.3) is 0 Å². The standard InChI is InChI=1S/C25H21BrN2O4/c1-30-22-12-9-16(13-23(22)31-2)19-14-20-18-5-3-4-6-21(18)32-25(28(20)27-19)24(29)15-7-10-17(26)11-8-15/h3-13,20,25H,14H2,1-2H3/t20-,25-/m0/s1. The van der Waals surface area contributed by atoms with Gasteiger partial charge >= 0.3 is 0 Å². The predicted molar refractivity (Wildman–Crippen MR) is 125 cm³/mol. The highest BCUT2D eigenvalue weighted by Gasteiger charge is 2.43. The van der Waals surface area contributed by atoms with Crippen LogP contribution < -0.4 is 14.2 Å². The zero-order chi connectivity index (χ0) is 22.2. The molecule has 0 aliphatic carbocycles. The van der Waals surface area contributed by atoms with Gasteiger partial charge in [-0.2, -0.15) is 5.10 Å². The number of hydrogen-bond donors (Lipinski definition) is 0. The molecule has 0 radical (unpaired) electrons. The predicted octanol–water partition coefficient (Wildman–Crippen LogP) is 5.22. The SMILES string of the molecule is COc1ccc(C2=NN3[C@H](C(=O)c4ccc(Br)cc4)Oc4ccccc4[C@@H]3C2)cc1OC. The number of nitrogens with zero attached hydrogens (tertiary/aromatic N) is 2. The van der Waals surface area contributed by atoms with Crippen LogP contribution in [-0.2, 0) is 0 Å². The fourth-order valence-corrected chi connectivity index (χ4v) is 4.42. The lowest BCUT2D eigenvalue weighted by Gasteiger charge is -2.37. The average Bonchev–Trinajstić information content (AvgIpc) is 3.29. The molecule has 0 bridgehead atoms. The van der Waals surface area contributed by atoms with Crippen molar-refractivity contribution in [3.8, 4) is 17.2 Å². The highest BCUT2D eigenvalue weighted by molar-refractivity contribution is 9.10. The quantitative estimate of drug-likeness (QED) is 0.457. The Morgan fingerprint density at radius 2 is 1.78 bits per heavy atom. The van der Waals surface area contributed by atoms with Crippen molar-refractivity contribution in [2.24, 2.45) is 5.10 Å². The molecule has 0 spiro atoms. The second-order valence-corrected chi connectivity index (χ2v) is 8.51. The lowest BCUT2D eigenvalue weighted by molar-refractivity contribution is -0.00455. The molecule has 32 heavy (non-hydrogen) atoms. The number of carbonyl (C=O) groups excluding carboxylic acids is 1. The number of benzene rings is 3. The first-order valence-electron chi connectivity index (χ1n) is 10.2. The normalized spacial score (nSPS) is 18.8. The van der Waals surface area contributed by atoms with Gasteiger partial charge < -0.3 is 14.2 Å². The molecule has 6 nitrogen and oxygen atoms in total. The van der Waals surface area contributed by atoms with E-state index in [1.54, 1.807) is 31.4 Å². The van der Waals surface area contributed by atoms with E-state index in [-0.39, 0.29) is 11.8 Å². The van der Waals surface area contributed by atoms with E-state index in [4.69, 9.17) is 19.3 Å². The fourth-order valence-electron chi connectivity index (χ4n) is 4.15. The maximum Gasteiger partial charge on any atom is 0.251 e. The van der Waals surface area contributed by atoms with Gasteiger partial charge in [0.15, 0.2) is 11.5 Å². The van der Waals surface area contributed by atoms with Crippen molar-refractivity contribution in [1.29, 1.82) is 0 Å². The monoisotopic (exact) mass is 492 g/mol. The molecule has 2 aliphatic heterocycles. The summed E-state index contributed by atoms with van der Waals surface area (Å²) in [7, 11) is 3.22. The fraction of sp³-hybridized carbons (Fsp3) is 0.200. The van der Waals surface area contributed by atoms with Crippen molar-refractivity contribution in [2.45, 2.75) is 18.7 Å². The summed E-state index contributed by atoms with van der Waals surface area (Å²) in [5, 5.41) is 6.64. The molecule has 5 rings (SSSR count). The van der Waals surface area contributed by atoms with Gasteiger partial charge in [-0.25, -0.2) is 5.01 Å². The molecular weight excluding hydrogens is 472 g/mol. The third kappa shape index (κ3) is 3.52. The maximum absolute atomic E-state index is 13.4. The van der Waals surface area contributed by atoms with E-state index >= 15 is 0 Å². The topological polar surface area (TPSA) is 60.4 Å². The second-order valence-electron chi connectivity index (χ2n) is 7.60. The van der Waals surface area contributed by atoms with E-state index < -0.39 is 6.23 Å². The van der Waals surface area contributed by atoms with Crippen molar-refractivity contribution < 1.29 is 19.0 Å². The van der Waals surface area contributed by atoms with Crippen LogP contribution in [0.3, 0.4) is 0 Å². The Morgan fingerprint density at radius 1 is 1.03 bits per heavy atom. The first-order valence-corrected chi connectivity index (χ1v) is 11.0. The molecule has 2 atom stereocenters. The van der Waals surface area contributed by atoms with Crippen LogP contribution in [0.4, 0.5) is 0 Å². The van der Waals surface area contributed by atoms with Gasteiger partial charge in [0.05, 0.1) is 26.0 Å². The number of hydrogen-bond acceptors (Lipinski definition) is 6. The number of ether oxygens (including phenoxy) is 3. The third-order valence-corrected chi connectivity index (χ3v) is 6.30. The Kier molecular flexibility index (Phi) is 5.35. The summed E-state index contributed by atoms with van der Waals surface area (Å²) >= 11 is 3.42. The number of para-hydroxylation sites is 1. The minimum atomic E-state index is -0.839. The highest BCUT2D eigenvalue weighted by Crippen LogP contribution is 2.44. The second kappa shape index (κ2) is 8.31. The number of halogens is 1. The number of carbonyl (C=O) groups is 1. The van der Waals surface area contributed by atoms with Gasteiger partial charge in [-0.05, 0) is 36.4 Å². The molecule has 2 heterocycles. The lowest BCUT2D eigenvalue weighted by atomic mass is 9.95. The number of hydrazone groups is 1. The minimum absolute atomic E-state index is 0.0903. The Labute approximate surface area is 194 Å². The van der Waals surface area contributed by atoms with Crippen molar-refractivity contribution in [2.75, 3.05) is 14.2 Å². The zero-order valence-corrected chi connectivity index (χ0v) is 19.2. The Bertz CT molecular complexity index is 1210. The van der Waals surface area contributed by atoms with Crippen molar-refractivity contribution in [3.63, 3.8) is 0 Å². The van der Waals surface area contributed by atoms with Crippen LogP contribution in [-0.4, -0.2) is 37.0 Å². The molecule has 0 N–H and O–H groups in total. The Morgan fingerprint density at radius 3 is 2.53 bits per heavy atom. The van der Waals surface area contributed by atoms with Gasteiger partial charge in [0.1, 0.15) is 5.75 Å². The van der Waals surface area contributed by atoms with Crippen molar-refractivity contribution in [3.05, 3.63) is 87.9 Å². The number of ketones is 1. The molecule has 162 valence electrons. The van der Waals surface area contributed by atoms with E-state index in [0.29, 0.717) is 29.2 Å².